The van der Waals surface area contributed by atoms with Crippen LogP contribution in [0, 0.1) is 17.8 Å². The van der Waals surface area contributed by atoms with Crippen LogP contribution < -0.4 is 4.74 Å². The van der Waals surface area contributed by atoms with Gasteiger partial charge in [-0.05, 0) is 59.6 Å². The molecule has 0 spiro atoms. The van der Waals surface area contributed by atoms with Crippen LogP contribution in [0.5, 0.6) is 5.75 Å². The smallest absolute Gasteiger partial charge is 0.186 e. The highest BCUT2D eigenvalue weighted by Gasteiger charge is 2.35. The molecule has 0 atom stereocenters. The number of ether oxygens (including phenoxy) is 1. The van der Waals surface area contributed by atoms with E-state index in [0.29, 0.717) is 0 Å². The monoisotopic (exact) mass is 498 g/mol. The molecular formula is C31H34N2O2S. The summed E-state index contributed by atoms with van der Waals surface area (Å²) >= 11 is 1.71. The topological polar surface area (TPSA) is 51.0 Å². The van der Waals surface area contributed by atoms with Crippen LogP contribution in [0.2, 0.25) is 0 Å². The number of ketones is 1. The van der Waals surface area contributed by atoms with Gasteiger partial charge in [-0.15, -0.1) is 16.5 Å². The number of rotatable bonds is 4. The summed E-state index contributed by atoms with van der Waals surface area (Å²) in [6, 6.07) is 15.9. The Labute approximate surface area is 218 Å². The second kappa shape index (κ2) is 9.62. The van der Waals surface area contributed by atoms with E-state index in [1.54, 1.807) is 18.4 Å². The Kier molecular flexibility index (Phi) is 6.89. The van der Waals surface area contributed by atoms with Gasteiger partial charge in [-0.25, -0.2) is 0 Å². The molecule has 3 aromatic rings. The van der Waals surface area contributed by atoms with E-state index >= 15 is 0 Å². The lowest BCUT2D eigenvalue weighted by molar-refractivity contribution is -0.114. The molecule has 0 unspecified atom stereocenters. The third-order valence-corrected chi connectivity index (χ3v) is 7.48. The lowest BCUT2D eigenvalue weighted by atomic mass is 9.71. The molecule has 1 aliphatic carbocycles. The fourth-order valence-corrected chi connectivity index (χ4v) is 5.44. The molecule has 1 heterocycles. The fourth-order valence-electron chi connectivity index (χ4n) is 4.30. The summed E-state index contributed by atoms with van der Waals surface area (Å²) in [6.45, 7) is 14.7. The van der Waals surface area contributed by atoms with Gasteiger partial charge in [-0.3, -0.25) is 4.79 Å². The van der Waals surface area contributed by atoms with E-state index in [0.717, 1.165) is 44.1 Å². The van der Waals surface area contributed by atoms with Crippen LogP contribution >= 0.6 is 11.3 Å². The van der Waals surface area contributed by atoms with Crippen molar-refractivity contribution in [2.45, 2.75) is 48.5 Å². The van der Waals surface area contributed by atoms with Crippen molar-refractivity contribution in [1.82, 2.24) is 0 Å². The maximum absolute atomic E-state index is 13.6. The van der Waals surface area contributed by atoms with Gasteiger partial charge in [0, 0.05) is 27.0 Å². The lowest BCUT2D eigenvalue weighted by Crippen LogP contribution is -2.28. The van der Waals surface area contributed by atoms with Gasteiger partial charge in [-0.2, -0.15) is 5.11 Å². The van der Waals surface area contributed by atoms with Crippen LogP contribution in [0.1, 0.15) is 51.3 Å². The van der Waals surface area contributed by atoms with Crippen LogP contribution in [-0.4, -0.2) is 12.9 Å². The van der Waals surface area contributed by atoms with Crippen molar-refractivity contribution in [2.24, 2.45) is 21.1 Å². The third kappa shape index (κ3) is 5.12. The Hall–Kier alpha value is -3.31. The molecule has 0 radical (unpaired) electrons. The summed E-state index contributed by atoms with van der Waals surface area (Å²) in [5, 5.41) is 11.8. The van der Waals surface area contributed by atoms with Crippen molar-refractivity contribution in [1.29, 1.82) is 0 Å². The van der Waals surface area contributed by atoms with E-state index in [1.165, 1.54) is 10.3 Å². The summed E-state index contributed by atoms with van der Waals surface area (Å²) in [5.41, 5.74) is 3.39. The Balaban J connectivity index is 2.02. The van der Waals surface area contributed by atoms with Crippen molar-refractivity contribution in [3.8, 4) is 5.75 Å². The minimum Gasteiger partial charge on any atom is -0.497 e. The first-order valence-electron chi connectivity index (χ1n) is 12.2. The van der Waals surface area contributed by atoms with Crippen LogP contribution in [0.15, 0.2) is 87.6 Å². The van der Waals surface area contributed by atoms with E-state index in [4.69, 9.17) is 9.85 Å². The predicted molar refractivity (Wildman–Crippen MR) is 151 cm³/mol. The number of carbonyl (C=O) groups excluding carboxylic acids is 1. The molecule has 0 fully saturated rings. The SMILES string of the molecule is COc1ccc(N=NC(=C2C=C(C(C)(C)C)C(=O)C(C(C)(C)C)=C2)c2sc(C)c3ccccc23)cc1. The maximum atomic E-state index is 13.6. The molecule has 0 amide bonds. The molecule has 0 aliphatic heterocycles. The molecule has 4 rings (SSSR count). The first-order chi connectivity index (χ1) is 16.9. The number of aryl methyl sites for hydroxylation is 1. The summed E-state index contributed by atoms with van der Waals surface area (Å²) in [4.78, 5) is 15.8. The number of hydrogen-bond donors (Lipinski definition) is 0. The van der Waals surface area contributed by atoms with Gasteiger partial charge in [-0.1, -0.05) is 65.8 Å². The van der Waals surface area contributed by atoms with Crippen molar-refractivity contribution >= 4 is 39.3 Å². The van der Waals surface area contributed by atoms with E-state index < -0.39 is 0 Å². The summed E-state index contributed by atoms with van der Waals surface area (Å²) in [6.07, 6.45) is 4.04. The number of Topliss-reactive ketones (excluding diaryl/α,β-unsaturated/α-hetero) is 1. The number of azo groups is 1. The van der Waals surface area contributed by atoms with Gasteiger partial charge >= 0.3 is 0 Å². The highest BCUT2D eigenvalue weighted by molar-refractivity contribution is 7.14. The molecule has 5 heteroatoms. The molecule has 1 aliphatic rings. The summed E-state index contributed by atoms with van der Waals surface area (Å²) < 4.78 is 5.28. The predicted octanol–water partition coefficient (Wildman–Crippen LogP) is 9.24. The van der Waals surface area contributed by atoms with Gasteiger partial charge in [0.05, 0.1) is 17.7 Å². The minimum atomic E-state index is -0.307. The molecule has 0 saturated carbocycles. The van der Waals surface area contributed by atoms with Crippen molar-refractivity contribution in [3.05, 3.63) is 87.2 Å². The third-order valence-electron chi connectivity index (χ3n) is 6.34. The normalized spacial score (nSPS) is 14.9. The van der Waals surface area contributed by atoms with Crippen LogP contribution in [-0.2, 0) is 4.79 Å². The molecule has 1 aromatic heterocycles. The van der Waals surface area contributed by atoms with Crippen molar-refractivity contribution in [3.63, 3.8) is 0 Å². The average molecular weight is 499 g/mol. The van der Waals surface area contributed by atoms with Gasteiger partial charge in [0.25, 0.3) is 0 Å². The van der Waals surface area contributed by atoms with E-state index in [2.05, 4.69) is 77.8 Å². The molecule has 4 nitrogen and oxygen atoms in total. The standard InChI is InChI=1S/C31H34N2O2S/c1-19-23-11-9-10-12-24(23)29(36-19)27(33-32-21-13-15-22(35-8)16-14-21)20-17-25(30(2,3)4)28(34)26(18-20)31(5,6)7/h9-18H,1-8H3. The number of nitrogens with zero attached hydrogens (tertiary/aromatic N) is 2. The molecule has 0 saturated heterocycles. The zero-order chi connectivity index (χ0) is 26.3. The van der Waals surface area contributed by atoms with E-state index in [-0.39, 0.29) is 16.6 Å². The van der Waals surface area contributed by atoms with Crippen LogP contribution in [0.4, 0.5) is 5.69 Å². The Morgan fingerprint density at radius 1 is 0.833 bits per heavy atom. The van der Waals surface area contributed by atoms with Crippen LogP contribution in [0.3, 0.4) is 0 Å². The minimum absolute atomic E-state index is 0.109. The molecular weight excluding hydrogens is 464 g/mol. The van der Waals surface area contributed by atoms with Crippen LogP contribution in [0.25, 0.3) is 16.5 Å². The highest BCUT2D eigenvalue weighted by Crippen LogP contribution is 2.43. The molecule has 0 bridgehead atoms. The molecule has 186 valence electrons. The number of benzene rings is 2. The first kappa shape index (κ1) is 25.8. The highest BCUT2D eigenvalue weighted by atomic mass is 32.1. The quantitative estimate of drug-likeness (QED) is 0.337. The Morgan fingerprint density at radius 3 is 1.92 bits per heavy atom. The Morgan fingerprint density at radius 2 is 1.39 bits per heavy atom. The van der Waals surface area contributed by atoms with Crippen molar-refractivity contribution < 1.29 is 9.53 Å². The van der Waals surface area contributed by atoms with E-state index in [1.807, 2.05) is 36.4 Å². The average Bonchev–Trinajstić information content (AvgIpc) is 3.15. The summed E-state index contributed by atoms with van der Waals surface area (Å²) in [7, 11) is 1.64. The van der Waals surface area contributed by atoms with Gasteiger partial charge < -0.3 is 4.74 Å². The number of methoxy groups -OCH3 is 1. The first-order valence-corrected chi connectivity index (χ1v) is 13.0. The number of carbonyl (C=O) groups is 1. The zero-order valence-corrected chi connectivity index (χ0v) is 23.2. The maximum Gasteiger partial charge on any atom is 0.186 e. The number of fused-ring (bicyclic) bond motifs is 1. The van der Waals surface area contributed by atoms with Gasteiger partial charge in [0.2, 0.25) is 0 Å². The van der Waals surface area contributed by atoms with Crippen molar-refractivity contribution in [2.75, 3.05) is 7.11 Å². The summed E-state index contributed by atoms with van der Waals surface area (Å²) in [5.74, 6) is 0.881. The second-order valence-electron chi connectivity index (χ2n) is 11.2. The Bertz CT molecular complexity index is 1400. The second-order valence-corrected chi connectivity index (χ2v) is 12.4. The number of hydrogen-bond acceptors (Lipinski definition) is 5. The molecule has 2 aromatic carbocycles. The lowest BCUT2D eigenvalue weighted by Gasteiger charge is -2.31. The molecule has 0 N–H and O–H groups in total. The van der Waals surface area contributed by atoms with Gasteiger partial charge in [0.1, 0.15) is 11.4 Å². The van der Waals surface area contributed by atoms with Gasteiger partial charge in [0.15, 0.2) is 5.78 Å². The number of allylic oxidation sites excluding steroid dienone is 5. The fraction of sp³-hybridized carbons (Fsp3) is 0.323. The zero-order valence-electron chi connectivity index (χ0n) is 22.4. The number of thiophene rings is 1. The van der Waals surface area contributed by atoms with E-state index in [9.17, 15) is 4.79 Å². The molecule has 36 heavy (non-hydrogen) atoms. The largest absolute Gasteiger partial charge is 0.497 e.